The molecule has 2 rings (SSSR count). The van der Waals surface area contributed by atoms with E-state index >= 15 is 0 Å². The largest absolute Gasteiger partial charge is 0.439 e. The molecule has 0 saturated carbocycles. The minimum Gasteiger partial charge on any atom is -0.439 e. The minimum absolute atomic E-state index is 0.655. The van der Waals surface area contributed by atoms with Crippen molar-refractivity contribution in [1.29, 1.82) is 0 Å². The zero-order chi connectivity index (χ0) is 13.7. The molecule has 0 spiro atoms. The second-order valence-electron chi connectivity index (χ2n) is 4.60. The van der Waals surface area contributed by atoms with E-state index in [4.69, 9.17) is 4.74 Å². The van der Waals surface area contributed by atoms with Gasteiger partial charge >= 0.3 is 0 Å². The van der Waals surface area contributed by atoms with Crippen molar-refractivity contribution in [2.75, 3.05) is 6.54 Å². The highest BCUT2D eigenvalue weighted by atomic mass is 16.5. The van der Waals surface area contributed by atoms with Gasteiger partial charge in [-0.05, 0) is 43.7 Å². The smallest absolute Gasteiger partial charge is 0.219 e. The molecule has 2 aromatic rings. The van der Waals surface area contributed by atoms with E-state index < -0.39 is 0 Å². The number of ether oxygens (including phenoxy) is 1. The summed E-state index contributed by atoms with van der Waals surface area (Å²) in [5, 5.41) is 3.31. The van der Waals surface area contributed by atoms with Gasteiger partial charge in [-0.15, -0.1) is 0 Å². The fraction of sp³-hybridized carbons (Fsp3) is 0.312. The third-order valence-corrected chi connectivity index (χ3v) is 2.88. The van der Waals surface area contributed by atoms with Crippen LogP contribution in [0, 0.1) is 13.8 Å². The lowest BCUT2D eigenvalue weighted by Crippen LogP contribution is -2.12. The van der Waals surface area contributed by atoms with Crippen LogP contribution in [0.2, 0.25) is 0 Å². The van der Waals surface area contributed by atoms with Gasteiger partial charge in [0.25, 0.3) is 0 Å². The normalized spacial score (nSPS) is 10.5. The van der Waals surface area contributed by atoms with Gasteiger partial charge in [0.1, 0.15) is 5.75 Å². The van der Waals surface area contributed by atoms with E-state index in [0.717, 1.165) is 30.1 Å². The van der Waals surface area contributed by atoms with E-state index in [1.54, 1.807) is 0 Å². The predicted octanol–water partition coefficient (Wildman–Crippen LogP) is 3.60. The maximum atomic E-state index is 5.87. The molecule has 1 heterocycles. The zero-order valence-electron chi connectivity index (χ0n) is 11.7. The third kappa shape index (κ3) is 3.80. The lowest BCUT2D eigenvalue weighted by molar-refractivity contribution is 0.457. The Morgan fingerprint density at radius 1 is 1.16 bits per heavy atom. The Morgan fingerprint density at radius 3 is 2.68 bits per heavy atom. The molecule has 1 aromatic carbocycles. The summed E-state index contributed by atoms with van der Waals surface area (Å²) in [4.78, 5) is 4.43. The highest BCUT2D eigenvalue weighted by Gasteiger charge is 2.04. The molecule has 0 saturated heterocycles. The first-order valence-corrected chi connectivity index (χ1v) is 6.61. The first-order valence-electron chi connectivity index (χ1n) is 6.61. The fourth-order valence-electron chi connectivity index (χ4n) is 1.91. The Balaban J connectivity index is 2.20. The molecule has 0 bridgehead atoms. The molecule has 0 fully saturated rings. The number of nitrogens with zero attached hydrogens (tertiary/aromatic N) is 1. The predicted molar refractivity (Wildman–Crippen MR) is 77.6 cm³/mol. The Morgan fingerprint density at radius 2 is 1.95 bits per heavy atom. The van der Waals surface area contributed by atoms with Gasteiger partial charge in [0.2, 0.25) is 5.88 Å². The number of benzene rings is 1. The lowest BCUT2D eigenvalue weighted by Gasteiger charge is -2.10. The van der Waals surface area contributed by atoms with Gasteiger partial charge in [0, 0.05) is 18.3 Å². The van der Waals surface area contributed by atoms with Gasteiger partial charge < -0.3 is 10.1 Å². The van der Waals surface area contributed by atoms with Gasteiger partial charge in [-0.25, -0.2) is 4.98 Å². The van der Waals surface area contributed by atoms with Crippen LogP contribution in [0.15, 0.2) is 36.4 Å². The molecule has 0 aliphatic heterocycles. The van der Waals surface area contributed by atoms with E-state index in [2.05, 4.69) is 23.3 Å². The quantitative estimate of drug-likeness (QED) is 0.887. The Hall–Kier alpha value is -1.87. The van der Waals surface area contributed by atoms with Crippen LogP contribution in [0.25, 0.3) is 0 Å². The van der Waals surface area contributed by atoms with E-state index in [1.165, 1.54) is 5.56 Å². The number of hydrogen-bond acceptors (Lipinski definition) is 3. The number of aryl methyl sites for hydroxylation is 2. The number of hydrogen-bond donors (Lipinski definition) is 1. The molecule has 3 heteroatoms. The van der Waals surface area contributed by atoms with E-state index in [-0.39, 0.29) is 0 Å². The van der Waals surface area contributed by atoms with E-state index in [0.29, 0.717) is 5.88 Å². The lowest BCUT2D eigenvalue weighted by atomic mass is 10.2. The van der Waals surface area contributed by atoms with Crippen LogP contribution in [-0.4, -0.2) is 11.5 Å². The van der Waals surface area contributed by atoms with Gasteiger partial charge in [0.15, 0.2) is 0 Å². The van der Waals surface area contributed by atoms with E-state index in [9.17, 15) is 0 Å². The van der Waals surface area contributed by atoms with Crippen molar-refractivity contribution in [1.82, 2.24) is 10.3 Å². The fourth-order valence-corrected chi connectivity index (χ4v) is 1.91. The average Bonchev–Trinajstić information content (AvgIpc) is 2.38. The standard InChI is InChI=1S/C16H20N2O/c1-4-17-11-14-9-13(3)18-16(10-14)19-15-8-6-5-7-12(15)2/h5-10,17H,4,11H2,1-3H3. The number of rotatable bonds is 5. The highest BCUT2D eigenvalue weighted by molar-refractivity contribution is 5.36. The van der Waals surface area contributed by atoms with Gasteiger partial charge in [-0.2, -0.15) is 0 Å². The third-order valence-electron chi connectivity index (χ3n) is 2.88. The van der Waals surface area contributed by atoms with Crippen molar-refractivity contribution < 1.29 is 4.74 Å². The SMILES string of the molecule is CCNCc1cc(C)nc(Oc2ccccc2C)c1. The minimum atomic E-state index is 0.655. The molecule has 0 aliphatic carbocycles. The molecule has 1 aromatic heterocycles. The summed E-state index contributed by atoms with van der Waals surface area (Å²) < 4.78 is 5.87. The molecule has 100 valence electrons. The molecule has 0 aliphatic rings. The first-order chi connectivity index (χ1) is 9.19. The van der Waals surface area contributed by atoms with Gasteiger partial charge in [0.05, 0.1) is 0 Å². The van der Waals surface area contributed by atoms with Crippen LogP contribution < -0.4 is 10.1 Å². The summed E-state index contributed by atoms with van der Waals surface area (Å²) in [5.74, 6) is 1.51. The second kappa shape index (κ2) is 6.34. The van der Waals surface area contributed by atoms with Crippen LogP contribution in [0.1, 0.15) is 23.7 Å². The van der Waals surface area contributed by atoms with Crippen molar-refractivity contribution in [2.24, 2.45) is 0 Å². The molecular weight excluding hydrogens is 236 g/mol. The monoisotopic (exact) mass is 256 g/mol. The van der Waals surface area contributed by atoms with Crippen LogP contribution in [-0.2, 0) is 6.54 Å². The summed E-state index contributed by atoms with van der Waals surface area (Å²) in [5.41, 5.74) is 3.27. The van der Waals surface area contributed by atoms with Crippen molar-refractivity contribution >= 4 is 0 Å². The molecule has 0 unspecified atom stereocenters. The number of aromatic nitrogens is 1. The summed E-state index contributed by atoms with van der Waals surface area (Å²) in [7, 11) is 0. The van der Waals surface area contributed by atoms with Crippen LogP contribution in [0.4, 0.5) is 0 Å². The summed E-state index contributed by atoms with van der Waals surface area (Å²) >= 11 is 0. The number of nitrogens with one attached hydrogen (secondary N) is 1. The maximum Gasteiger partial charge on any atom is 0.219 e. The number of pyridine rings is 1. The Kier molecular flexibility index (Phi) is 4.53. The highest BCUT2D eigenvalue weighted by Crippen LogP contribution is 2.24. The summed E-state index contributed by atoms with van der Waals surface area (Å²) in [6.07, 6.45) is 0. The van der Waals surface area contributed by atoms with Crippen LogP contribution >= 0.6 is 0 Å². The Bertz CT molecular complexity index is 552. The first kappa shape index (κ1) is 13.6. The molecular formula is C16H20N2O. The van der Waals surface area contributed by atoms with Crippen molar-refractivity contribution in [3.63, 3.8) is 0 Å². The zero-order valence-corrected chi connectivity index (χ0v) is 11.7. The maximum absolute atomic E-state index is 5.87. The average molecular weight is 256 g/mol. The van der Waals surface area contributed by atoms with Crippen molar-refractivity contribution in [3.8, 4) is 11.6 Å². The molecule has 3 nitrogen and oxygen atoms in total. The van der Waals surface area contributed by atoms with E-state index in [1.807, 2.05) is 44.2 Å². The topological polar surface area (TPSA) is 34.2 Å². The molecule has 0 atom stereocenters. The van der Waals surface area contributed by atoms with Gasteiger partial charge in [-0.1, -0.05) is 25.1 Å². The number of para-hydroxylation sites is 1. The second-order valence-corrected chi connectivity index (χ2v) is 4.60. The van der Waals surface area contributed by atoms with Gasteiger partial charge in [-0.3, -0.25) is 0 Å². The van der Waals surface area contributed by atoms with Crippen molar-refractivity contribution in [3.05, 3.63) is 53.2 Å². The van der Waals surface area contributed by atoms with Crippen LogP contribution in [0.5, 0.6) is 11.6 Å². The molecule has 0 radical (unpaired) electrons. The van der Waals surface area contributed by atoms with Crippen LogP contribution in [0.3, 0.4) is 0 Å². The molecule has 0 amide bonds. The molecule has 19 heavy (non-hydrogen) atoms. The summed E-state index contributed by atoms with van der Waals surface area (Å²) in [6, 6.07) is 12.0. The molecule has 1 N–H and O–H groups in total. The summed E-state index contributed by atoms with van der Waals surface area (Å²) in [6.45, 7) is 7.91. The Labute approximate surface area is 114 Å². The van der Waals surface area contributed by atoms with Crippen molar-refractivity contribution in [2.45, 2.75) is 27.3 Å².